The van der Waals surface area contributed by atoms with Crippen LogP contribution in [0.5, 0.6) is 11.5 Å². The van der Waals surface area contributed by atoms with Crippen molar-refractivity contribution < 1.29 is 27.4 Å². The maximum absolute atomic E-state index is 12.8. The van der Waals surface area contributed by atoms with Crippen molar-refractivity contribution in [3.05, 3.63) is 92.6 Å². The second-order valence-electron chi connectivity index (χ2n) is 6.83. The van der Waals surface area contributed by atoms with Crippen molar-refractivity contribution in [3.63, 3.8) is 0 Å². The van der Waals surface area contributed by atoms with E-state index in [1.165, 1.54) is 18.3 Å². The molecule has 0 fully saturated rings. The Morgan fingerprint density at radius 1 is 1.03 bits per heavy atom. The van der Waals surface area contributed by atoms with Crippen LogP contribution < -0.4 is 14.9 Å². The Bertz CT molecular complexity index is 1130. The molecule has 3 aromatic carbocycles. The van der Waals surface area contributed by atoms with Crippen LogP contribution in [0, 0.1) is 3.57 Å². The van der Waals surface area contributed by atoms with E-state index in [9.17, 15) is 18.0 Å². The summed E-state index contributed by atoms with van der Waals surface area (Å²) in [6.45, 7) is 2.64. The van der Waals surface area contributed by atoms with Gasteiger partial charge in [0.05, 0.1) is 18.4 Å². The highest BCUT2D eigenvalue weighted by Crippen LogP contribution is 2.30. The number of hydrogen-bond donors (Lipinski definition) is 1. The lowest BCUT2D eigenvalue weighted by molar-refractivity contribution is -0.137. The number of alkyl halides is 3. The summed E-state index contributed by atoms with van der Waals surface area (Å²) in [5, 5.41) is 3.84. The minimum Gasteiger partial charge on any atom is -0.490 e. The lowest BCUT2D eigenvalue weighted by Gasteiger charge is -2.12. The van der Waals surface area contributed by atoms with Gasteiger partial charge in [-0.3, -0.25) is 4.79 Å². The van der Waals surface area contributed by atoms with Gasteiger partial charge in [-0.2, -0.15) is 18.3 Å². The number of carbonyl (C=O) groups is 1. The van der Waals surface area contributed by atoms with Crippen LogP contribution in [0.3, 0.4) is 0 Å². The molecule has 0 heterocycles. The van der Waals surface area contributed by atoms with Gasteiger partial charge in [0.2, 0.25) is 0 Å². The normalized spacial score (nSPS) is 11.4. The first-order chi connectivity index (χ1) is 15.8. The van der Waals surface area contributed by atoms with Crippen LogP contribution in [0.15, 0.2) is 71.8 Å². The van der Waals surface area contributed by atoms with E-state index < -0.39 is 17.6 Å². The number of ether oxygens (including phenoxy) is 2. The zero-order chi connectivity index (χ0) is 23.8. The number of nitrogens with zero attached hydrogens (tertiary/aromatic N) is 1. The average molecular weight is 568 g/mol. The average Bonchev–Trinajstić information content (AvgIpc) is 2.79. The molecule has 9 heteroatoms. The molecule has 0 aromatic heterocycles. The topological polar surface area (TPSA) is 59.9 Å². The van der Waals surface area contributed by atoms with E-state index in [2.05, 4.69) is 33.1 Å². The third-order valence-electron chi connectivity index (χ3n) is 4.41. The van der Waals surface area contributed by atoms with Gasteiger partial charge in [0.15, 0.2) is 11.5 Å². The Morgan fingerprint density at radius 2 is 1.79 bits per heavy atom. The van der Waals surface area contributed by atoms with Crippen LogP contribution in [-0.2, 0) is 12.8 Å². The predicted molar refractivity (Wildman–Crippen MR) is 128 cm³/mol. The number of amides is 1. The molecule has 0 saturated carbocycles. The largest absolute Gasteiger partial charge is 0.490 e. The van der Waals surface area contributed by atoms with E-state index in [0.717, 1.165) is 21.3 Å². The second-order valence-corrected chi connectivity index (χ2v) is 8.08. The van der Waals surface area contributed by atoms with Crippen LogP contribution in [-0.4, -0.2) is 18.7 Å². The van der Waals surface area contributed by atoms with Crippen molar-refractivity contribution in [1.29, 1.82) is 0 Å². The number of benzene rings is 3. The van der Waals surface area contributed by atoms with E-state index in [1.54, 1.807) is 18.2 Å². The van der Waals surface area contributed by atoms with E-state index in [1.807, 2.05) is 31.2 Å². The lowest BCUT2D eigenvalue weighted by Crippen LogP contribution is -2.18. The first kappa shape index (κ1) is 24.6. The smallest absolute Gasteiger partial charge is 0.416 e. The fraction of sp³-hybridized carbons (Fsp3) is 0.167. The van der Waals surface area contributed by atoms with Gasteiger partial charge in [0, 0.05) is 9.13 Å². The fourth-order valence-corrected chi connectivity index (χ4v) is 3.16. The highest BCUT2D eigenvalue weighted by molar-refractivity contribution is 14.1. The number of carbonyl (C=O) groups excluding carboxylic acids is 1. The third kappa shape index (κ3) is 7.21. The van der Waals surface area contributed by atoms with Gasteiger partial charge in [0.25, 0.3) is 5.91 Å². The lowest BCUT2D eigenvalue weighted by atomic mass is 10.1. The van der Waals surface area contributed by atoms with Gasteiger partial charge in [-0.15, -0.1) is 0 Å². The highest BCUT2D eigenvalue weighted by atomic mass is 127. The summed E-state index contributed by atoms with van der Waals surface area (Å²) in [6.07, 6.45) is -3.16. The molecule has 172 valence electrons. The zero-order valence-corrected chi connectivity index (χ0v) is 19.7. The summed E-state index contributed by atoms with van der Waals surface area (Å²) < 4.78 is 51.1. The molecule has 0 saturated heterocycles. The molecule has 5 nitrogen and oxygen atoms in total. The summed E-state index contributed by atoms with van der Waals surface area (Å²) in [4.78, 5) is 12.1. The Hall–Kier alpha value is -3.08. The number of halogens is 4. The number of hydrogen-bond acceptors (Lipinski definition) is 4. The van der Waals surface area contributed by atoms with Crippen LogP contribution in [0.25, 0.3) is 0 Å². The maximum Gasteiger partial charge on any atom is 0.416 e. The molecule has 0 aliphatic rings. The Balaban J connectivity index is 1.66. The van der Waals surface area contributed by atoms with E-state index in [-0.39, 0.29) is 5.56 Å². The first-order valence-corrected chi connectivity index (χ1v) is 11.0. The van der Waals surface area contributed by atoms with Gasteiger partial charge in [-0.1, -0.05) is 18.2 Å². The first-order valence-electron chi connectivity index (χ1n) is 9.91. The number of hydrazone groups is 1. The Kier molecular flexibility index (Phi) is 8.32. The second kappa shape index (κ2) is 11.2. The molecule has 0 radical (unpaired) electrons. The van der Waals surface area contributed by atoms with Crippen molar-refractivity contribution in [3.8, 4) is 11.5 Å². The summed E-state index contributed by atoms with van der Waals surface area (Å²) in [7, 11) is 0. The molecule has 0 aliphatic carbocycles. The number of nitrogens with one attached hydrogen (secondary N) is 1. The van der Waals surface area contributed by atoms with E-state index >= 15 is 0 Å². The van der Waals surface area contributed by atoms with Crippen molar-refractivity contribution in [1.82, 2.24) is 5.43 Å². The van der Waals surface area contributed by atoms with Gasteiger partial charge >= 0.3 is 6.18 Å². The zero-order valence-electron chi connectivity index (χ0n) is 17.5. The van der Waals surface area contributed by atoms with Crippen molar-refractivity contribution in [2.24, 2.45) is 5.10 Å². The van der Waals surface area contributed by atoms with Crippen LogP contribution in [0.2, 0.25) is 0 Å². The van der Waals surface area contributed by atoms with E-state index in [4.69, 9.17) is 9.47 Å². The predicted octanol–water partition coefficient (Wildman–Crippen LogP) is 6.05. The molecule has 33 heavy (non-hydrogen) atoms. The van der Waals surface area contributed by atoms with Gasteiger partial charge in [-0.05, 0) is 89.2 Å². The molecule has 3 aromatic rings. The molecule has 0 bridgehead atoms. The molecule has 1 amide bonds. The van der Waals surface area contributed by atoms with Gasteiger partial charge in [-0.25, -0.2) is 5.43 Å². The van der Waals surface area contributed by atoms with Crippen LogP contribution >= 0.6 is 22.6 Å². The number of rotatable bonds is 8. The summed E-state index contributed by atoms with van der Waals surface area (Å²) >= 11 is 2.23. The third-order valence-corrected chi connectivity index (χ3v) is 5.13. The SMILES string of the molecule is CCOc1cc(/C=N\NC(=O)c2cccc(C(F)(F)F)c2)ccc1OCc1ccc(I)cc1. The minimum atomic E-state index is -4.53. The minimum absolute atomic E-state index is 0.142. The molecule has 3 rings (SSSR count). The van der Waals surface area contributed by atoms with Crippen molar-refractivity contribution in [2.75, 3.05) is 6.61 Å². The molecule has 0 atom stereocenters. The standard InChI is InChI=1S/C24H20F3IN2O3/c1-2-32-22-12-17(8-11-21(22)33-15-16-6-9-20(28)10-7-16)14-29-30-23(31)18-4-3-5-19(13-18)24(25,26)27/h3-14H,2,15H2,1H3,(H,30,31)/b29-14-. The molecular formula is C24H20F3IN2O3. The Labute approximate surface area is 202 Å². The van der Waals surface area contributed by atoms with E-state index in [0.29, 0.717) is 30.3 Å². The monoisotopic (exact) mass is 568 g/mol. The van der Waals surface area contributed by atoms with Crippen molar-refractivity contribution >= 4 is 34.7 Å². The van der Waals surface area contributed by atoms with Crippen LogP contribution in [0.1, 0.15) is 34.0 Å². The molecule has 0 unspecified atom stereocenters. The summed E-state index contributed by atoms with van der Waals surface area (Å²) in [5.41, 5.74) is 2.82. The van der Waals surface area contributed by atoms with Crippen molar-refractivity contribution in [2.45, 2.75) is 19.7 Å². The fourth-order valence-electron chi connectivity index (χ4n) is 2.80. The molecule has 1 N–H and O–H groups in total. The van der Waals surface area contributed by atoms with Crippen LogP contribution in [0.4, 0.5) is 13.2 Å². The van der Waals surface area contributed by atoms with Gasteiger partial charge < -0.3 is 9.47 Å². The maximum atomic E-state index is 12.8. The highest BCUT2D eigenvalue weighted by Gasteiger charge is 2.30. The molecular weight excluding hydrogens is 548 g/mol. The quantitative estimate of drug-likeness (QED) is 0.205. The Morgan fingerprint density at radius 3 is 2.48 bits per heavy atom. The van der Waals surface area contributed by atoms with Gasteiger partial charge in [0.1, 0.15) is 6.61 Å². The summed E-state index contributed by atoms with van der Waals surface area (Å²) in [6, 6.07) is 17.2. The molecule has 0 aliphatic heterocycles. The summed E-state index contributed by atoms with van der Waals surface area (Å²) in [5.74, 6) is 0.316. The molecule has 0 spiro atoms.